The summed E-state index contributed by atoms with van der Waals surface area (Å²) in [6.07, 6.45) is 5.39. The standard InChI is InChI=1S/C23H34FN5O.HI/c1-5-29(6-2)14-8-9-18(3)28-23(25-4)27-16-19-11-12-22(21(24)15-19)30-20-10-7-13-26-17-20;/h7,10-13,15,17-18H,5-6,8-9,14,16H2,1-4H3,(H2,25,27,28);1H. The maximum atomic E-state index is 14.4. The van der Waals surface area contributed by atoms with Crippen LogP contribution >= 0.6 is 24.0 Å². The number of guanidine groups is 1. The molecular weight excluding hydrogens is 508 g/mol. The van der Waals surface area contributed by atoms with E-state index in [-0.39, 0.29) is 29.7 Å². The average Bonchev–Trinajstić information content (AvgIpc) is 2.76. The van der Waals surface area contributed by atoms with Crippen LogP contribution < -0.4 is 15.4 Å². The Labute approximate surface area is 202 Å². The molecule has 0 amide bonds. The van der Waals surface area contributed by atoms with Crippen molar-refractivity contribution in [3.8, 4) is 11.5 Å². The predicted octanol–water partition coefficient (Wildman–Crippen LogP) is 4.81. The summed E-state index contributed by atoms with van der Waals surface area (Å²) in [6, 6.07) is 8.72. The Morgan fingerprint density at radius 3 is 2.65 bits per heavy atom. The molecule has 0 bridgehead atoms. The lowest BCUT2D eigenvalue weighted by Gasteiger charge is -2.21. The lowest BCUT2D eigenvalue weighted by atomic mass is 10.1. The van der Waals surface area contributed by atoms with Gasteiger partial charge >= 0.3 is 0 Å². The molecule has 0 aliphatic heterocycles. The van der Waals surface area contributed by atoms with Crippen molar-refractivity contribution in [3.63, 3.8) is 0 Å². The number of pyridine rings is 1. The molecule has 2 aromatic rings. The van der Waals surface area contributed by atoms with Gasteiger partial charge in [0.2, 0.25) is 0 Å². The van der Waals surface area contributed by atoms with Crippen molar-refractivity contribution in [2.75, 3.05) is 26.7 Å². The van der Waals surface area contributed by atoms with Gasteiger partial charge in [0.05, 0.1) is 6.20 Å². The smallest absolute Gasteiger partial charge is 0.191 e. The molecule has 0 aliphatic rings. The molecule has 0 fully saturated rings. The summed E-state index contributed by atoms with van der Waals surface area (Å²) in [6.45, 7) is 10.3. The summed E-state index contributed by atoms with van der Waals surface area (Å²) >= 11 is 0. The maximum Gasteiger partial charge on any atom is 0.191 e. The number of halogens is 2. The Balaban J connectivity index is 0.00000480. The third-order valence-electron chi connectivity index (χ3n) is 4.93. The Hall–Kier alpha value is -1.94. The van der Waals surface area contributed by atoms with Crippen LogP contribution in [0.5, 0.6) is 11.5 Å². The van der Waals surface area contributed by atoms with Gasteiger partial charge in [0, 0.05) is 25.8 Å². The van der Waals surface area contributed by atoms with Gasteiger partial charge in [-0.25, -0.2) is 4.39 Å². The lowest BCUT2D eigenvalue weighted by molar-refractivity contribution is 0.292. The highest BCUT2D eigenvalue weighted by Gasteiger charge is 2.09. The molecule has 0 spiro atoms. The number of rotatable bonds is 11. The van der Waals surface area contributed by atoms with E-state index >= 15 is 0 Å². The third-order valence-corrected chi connectivity index (χ3v) is 4.93. The minimum Gasteiger partial charge on any atom is -0.453 e. The van der Waals surface area contributed by atoms with Crippen LogP contribution in [0.25, 0.3) is 0 Å². The zero-order chi connectivity index (χ0) is 21.8. The quantitative estimate of drug-likeness (QED) is 0.242. The number of aliphatic imine (C=N–C) groups is 1. The third kappa shape index (κ3) is 9.82. The van der Waals surface area contributed by atoms with Crippen molar-refractivity contribution >= 4 is 29.9 Å². The van der Waals surface area contributed by atoms with Crippen LogP contribution in [0.2, 0.25) is 0 Å². The summed E-state index contributed by atoms with van der Waals surface area (Å²) in [5.41, 5.74) is 0.808. The van der Waals surface area contributed by atoms with Gasteiger partial charge in [0.1, 0.15) is 5.75 Å². The van der Waals surface area contributed by atoms with Crippen LogP contribution in [0.1, 0.15) is 39.2 Å². The average molecular weight is 543 g/mol. The van der Waals surface area contributed by atoms with Gasteiger partial charge in [0.15, 0.2) is 17.5 Å². The van der Waals surface area contributed by atoms with E-state index in [1.54, 1.807) is 37.6 Å². The van der Waals surface area contributed by atoms with E-state index in [2.05, 4.69) is 46.3 Å². The fraction of sp³-hybridized carbons (Fsp3) is 0.478. The summed E-state index contributed by atoms with van der Waals surface area (Å²) < 4.78 is 19.9. The van der Waals surface area contributed by atoms with Crippen LogP contribution in [-0.2, 0) is 6.54 Å². The van der Waals surface area contributed by atoms with Gasteiger partial charge in [-0.15, -0.1) is 24.0 Å². The SMILES string of the molecule is CCN(CC)CCCC(C)NC(=NC)NCc1ccc(Oc2cccnc2)c(F)c1.I. The van der Waals surface area contributed by atoms with Crippen LogP contribution in [-0.4, -0.2) is 48.6 Å². The molecule has 0 radical (unpaired) electrons. The van der Waals surface area contributed by atoms with Crippen molar-refractivity contribution < 1.29 is 9.13 Å². The highest BCUT2D eigenvalue weighted by atomic mass is 127. The zero-order valence-electron chi connectivity index (χ0n) is 18.9. The number of benzene rings is 1. The second-order valence-electron chi connectivity index (χ2n) is 7.20. The molecule has 0 saturated heterocycles. The van der Waals surface area contributed by atoms with Gasteiger partial charge in [-0.3, -0.25) is 9.98 Å². The van der Waals surface area contributed by atoms with Crippen molar-refractivity contribution in [2.24, 2.45) is 4.99 Å². The Morgan fingerprint density at radius 1 is 1.26 bits per heavy atom. The summed E-state index contributed by atoms with van der Waals surface area (Å²) in [5.74, 6) is 0.977. The van der Waals surface area contributed by atoms with Gasteiger partial charge in [0.25, 0.3) is 0 Å². The Bertz CT molecular complexity index is 787. The number of ether oxygens (including phenoxy) is 1. The summed E-state index contributed by atoms with van der Waals surface area (Å²) in [7, 11) is 1.74. The molecule has 0 aliphatic carbocycles. The van der Waals surface area contributed by atoms with E-state index in [4.69, 9.17) is 4.74 Å². The largest absolute Gasteiger partial charge is 0.453 e. The maximum absolute atomic E-state index is 14.4. The van der Waals surface area contributed by atoms with Gasteiger partial charge < -0.3 is 20.3 Å². The van der Waals surface area contributed by atoms with Gasteiger partial charge in [-0.05, 0) is 69.2 Å². The van der Waals surface area contributed by atoms with Crippen LogP contribution in [0.15, 0.2) is 47.7 Å². The van der Waals surface area contributed by atoms with Crippen LogP contribution in [0.4, 0.5) is 4.39 Å². The van der Waals surface area contributed by atoms with E-state index in [1.165, 1.54) is 6.07 Å². The van der Waals surface area contributed by atoms with Crippen molar-refractivity contribution in [1.29, 1.82) is 0 Å². The Morgan fingerprint density at radius 2 is 2.03 bits per heavy atom. The number of aromatic nitrogens is 1. The molecule has 172 valence electrons. The van der Waals surface area contributed by atoms with E-state index in [0.717, 1.165) is 38.0 Å². The first-order chi connectivity index (χ1) is 14.5. The second kappa shape index (κ2) is 15.0. The zero-order valence-corrected chi connectivity index (χ0v) is 21.2. The van der Waals surface area contributed by atoms with Crippen molar-refractivity contribution in [3.05, 3.63) is 54.1 Å². The lowest BCUT2D eigenvalue weighted by Crippen LogP contribution is -2.42. The number of hydrogen-bond acceptors (Lipinski definition) is 4. The molecular formula is C23H35FIN5O. The minimum atomic E-state index is -0.411. The second-order valence-corrected chi connectivity index (χ2v) is 7.20. The molecule has 2 rings (SSSR count). The van der Waals surface area contributed by atoms with Crippen LogP contribution in [0, 0.1) is 5.82 Å². The highest BCUT2D eigenvalue weighted by molar-refractivity contribution is 14.0. The normalized spacial score (nSPS) is 12.3. The van der Waals surface area contributed by atoms with Gasteiger partial charge in [-0.2, -0.15) is 0 Å². The number of nitrogens with zero attached hydrogens (tertiary/aromatic N) is 3. The first kappa shape index (κ1) is 27.1. The van der Waals surface area contributed by atoms with Gasteiger partial charge in [-0.1, -0.05) is 19.9 Å². The van der Waals surface area contributed by atoms with Crippen molar-refractivity contribution in [1.82, 2.24) is 20.5 Å². The van der Waals surface area contributed by atoms with E-state index < -0.39 is 5.82 Å². The molecule has 1 heterocycles. The minimum absolute atomic E-state index is 0. The summed E-state index contributed by atoms with van der Waals surface area (Å²) in [4.78, 5) is 10.7. The number of hydrogen-bond donors (Lipinski definition) is 2. The van der Waals surface area contributed by atoms with E-state index in [9.17, 15) is 4.39 Å². The van der Waals surface area contributed by atoms with Crippen LogP contribution in [0.3, 0.4) is 0 Å². The topological polar surface area (TPSA) is 61.8 Å². The summed E-state index contributed by atoms with van der Waals surface area (Å²) in [5, 5.41) is 6.65. The molecule has 8 heteroatoms. The van der Waals surface area contributed by atoms with E-state index in [0.29, 0.717) is 24.3 Å². The molecule has 1 unspecified atom stereocenters. The molecule has 31 heavy (non-hydrogen) atoms. The van der Waals surface area contributed by atoms with E-state index in [1.807, 2.05) is 6.07 Å². The molecule has 2 N–H and O–H groups in total. The first-order valence-electron chi connectivity index (χ1n) is 10.6. The Kier molecular flexibility index (Phi) is 13.1. The number of nitrogens with one attached hydrogen (secondary N) is 2. The first-order valence-corrected chi connectivity index (χ1v) is 10.6. The molecule has 6 nitrogen and oxygen atoms in total. The fourth-order valence-corrected chi connectivity index (χ4v) is 3.12. The predicted molar refractivity (Wildman–Crippen MR) is 136 cm³/mol. The highest BCUT2D eigenvalue weighted by Crippen LogP contribution is 2.24. The monoisotopic (exact) mass is 543 g/mol. The molecule has 1 aromatic heterocycles. The molecule has 0 saturated carbocycles. The fourth-order valence-electron chi connectivity index (χ4n) is 3.12. The van der Waals surface area contributed by atoms with Crippen molar-refractivity contribution in [2.45, 2.75) is 46.2 Å². The molecule has 1 aromatic carbocycles. The molecule has 1 atom stereocenters.